The predicted molar refractivity (Wildman–Crippen MR) is 115 cm³/mol. The van der Waals surface area contributed by atoms with Crippen LogP contribution in [0.3, 0.4) is 0 Å². The van der Waals surface area contributed by atoms with E-state index < -0.39 is 11.2 Å². The van der Waals surface area contributed by atoms with Gasteiger partial charge in [-0.15, -0.1) is 0 Å². The van der Waals surface area contributed by atoms with Crippen molar-refractivity contribution in [3.63, 3.8) is 0 Å². The Kier molecular flexibility index (Phi) is 6.80. The van der Waals surface area contributed by atoms with Crippen molar-refractivity contribution in [3.05, 3.63) is 39.7 Å². The Morgan fingerprint density at radius 2 is 1.93 bits per heavy atom. The van der Waals surface area contributed by atoms with Gasteiger partial charge in [-0.05, 0) is 50.8 Å². The summed E-state index contributed by atoms with van der Waals surface area (Å²) in [6.07, 6.45) is 4.55. The lowest BCUT2D eigenvalue weighted by Crippen LogP contribution is -2.59. The average Bonchev–Trinajstić information content (AvgIpc) is 2.74. The van der Waals surface area contributed by atoms with Gasteiger partial charge in [0.25, 0.3) is 0 Å². The van der Waals surface area contributed by atoms with Crippen LogP contribution in [-0.4, -0.2) is 31.0 Å². The maximum atomic E-state index is 12.7. The summed E-state index contributed by atoms with van der Waals surface area (Å²) in [5.41, 5.74) is 0.455. The molecule has 1 aromatic carbocycles. The van der Waals surface area contributed by atoms with Crippen molar-refractivity contribution in [2.75, 3.05) is 13.7 Å². The minimum Gasteiger partial charge on any atom is -0.497 e. The number of methoxy groups -OCH3 is 1. The van der Waals surface area contributed by atoms with E-state index in [1.165, 1.54) is 0 Å². The summed E-state index contributed by atoms with van der Waals surface area (Å²) < 4.78 is 10.6. The number of rotatable bonds is 7. The molecule has 7 nitrogen and oxygen atoms in total. The fourth-order valence-corrected chi connectivity index (χ4v) is 4.25. The van der Waals surface area contributed by atoms with E-state index in [0.717, 1.165) is 30.2 Å². The van der Waals surface area contributed by atoms with Crippen molar-refractivity contribution in [1.29, 1.82) is 0 Å². The monoisotopic (exact) mass is 414 g/mol. The Bertz CT molecular complexity index is 989. The molecule has 1 saturated carbocycles. The second-order valence-electron chi connectivity index (χ2n) is 7.91. The van der Waals surface area contributed by atoms with Crippen LogP contribution >= 0.6 is 0 Å². The highest BCUT2D eigenvalue weighted by molar-refractivity contribution is 5.91. The molecule has 30 heavy (non-hydrogen) atoms. The quantitative estimate of drug-likeness (QED) is 0.679. The molecule has 0 atom stereocenters. The predicted octanol–water partition coefficient (Wildman–Crippen LogP) is 3.00. The lowest BCUT2D eigenvalue weighted by molar-refractivity contribution is -0.135. The Morgan fingerprint density at radius 1 is 1.20 bits per heavy atom. The van der Waals surface area contributed by atoms with Gasteiger partial charge in [-0.1, -0.05) is 19.3 Å². The van der Waals surface area contributed by atoms with Crippen LogP contribution in [0.2, 0.25) is 0 Å². The SMILES string of the molecule is CCNC(=O)C1(NC(=O)CCc2c(C)c3ccc(OC)cc3oc2=O)CCCCC1. The number of aryl methyl sites for hydroxylation is 1. The molecule has 1 aromatic heterocycles. The van der Waals surface area contributed by atoms with Gasteiger partial charge in [0.05, 0.1) is 7.11 Å². The number of carbonyl (C=O) groups is 2. The molecule has 1 fully saturated rings. The molecular formula is C23H30N2O5. The molecule has 2 amide bonds. The largest absolute Gasteiger partial charge is 0.497 e. The zero-order valence-electron chi connectivity index (χ0n) is 17.9. The molecule has 2 aromatic rings. The van der Waals surface area contributed by atoms with Crippen LogP contribution in [0.5, 0.6) is 5.75 Å². The van der Waals surface area contributed by atoms with Crippen LogP contribution in [0.4, 0.5) is 0 Å². The summed E-state index contributed by atoms with van der Waals surface area (Å²) in [7, 11) is 1.55. The molecule has 162 valence electrons. The van der Waals surface area contributed by atoms with Crippen molar-refractivity contribution in [2.45, 2.75) is 64.3 Å². The Morgan fingerprint density at radius 3 is 2.60 bits per heavy atom. The van der Waals surface area contributed by atoms with Crippen LogP contribution in [0.1, 0.15) is 56.6 Å². The first-order valence-electron chi connectivity index (χ1n) is 10.6. The molecule has 0 bridgehead atoms. The number of hydrogen-bond donors (Lipinski definition) is 2. The highest BCUT2D eigenvalue weighted by Gasteiger charge is 2.40. The van der Waals surface area contributed by atoms with Crippen LogP contribution in [0.25, 0.3) is 11.0 Å². The molecule has 0 radical (unpaired) electrons. The summed E-state index contributed by atoms with van der Waals surface area (Å²) in [6.45, 7) is 4.25. The zero-order chi connectivity index (χ0) is 21.7. The first kappa shape index (κ1) is 21.9. The first-order chi connectivity index (χ1) is 14.4. The third kappa shape index (κ3) is 4.50. The summed E-state index contributed by atoms with van der Waals surface area (Å²) in [5.74, 6) is 0.269. The van der Waals surface area contributed by atoms with Crippen molar-refractivity contribution in [2.24, 2.45) is 0 Å². The third-order valence-electron chi connectivity index (χ3n) is 5.95. The van der Waals surface area contributed by atoms with Gasteiger partial charge in [0.15, 0.2) is 0 Å². The van der Waals surface area contributed by atoms with E-state index in [-0.39, 0.29) is 24.7 Å². The fourth-order valence-electron chi connectivity index (χ4n) is 4.25. The number of likely N-dealkylation sites (N-methyl/N-ethyl adjacent to an activating group) is 1. The summed E-state index contributed by atoms with van der Waals surface area (Å²) in [4.78, 5) is 37.9. The highest BCUT2D eigenvalue weighted by atomic mass is 16.5. The molecule has 0 saturated heterocycles. The van der Waals surface area contributed by atoms with E-state index in [2.05, 4.69) is 10.6 Å². The average molecular weight is 415 g/mol. The maximum Gasteiger partial charge on any atom is 0.339 e. The molecule has 0 aliphatic heterocycles. The second kappa shape index (κ2) is 9.32. The van der Waals surface area contributed by atoms with E-state index in [0.29, 0.717) is 36.3 Å². The van der Waals surface area contributed by atoms with Gasteiger partial charge in [-0.3, -0.25) is 9.59 Å². The highest BCUT2D eigenvalue weighted by Crippen LogP contribution is 2.29. The molecule has 0 unspecified atom stereocenters. The molecule has 7 heteroatoms. The number of ether oxygens (including phenoxy) is 1. The van der Waals surface area contributed by atoms with Crippen molar-refractivity contribution in [3.8, 4) is 5.75 Å². The van der Waals surface area contributed by atoms with E-state index in [1.807, 2.05) is 26.0 Å². The molecule has 3 rings (SSSR count). The van der Waals surface area contributed by atoms with E-state index in [1.54, 1.807) is 13.2 Å². The third-order valence-corrected chi connectivity index (χ3v) is 5.95. The number of hydrogen-bond acceptors (Lipinski definition) is 5. The lowest BCUT2D eigenvalue weighted by atomic mass is 9.80. The van der Waals surface area contributed by atoms with Gasteiger partial charge in [0, 0.05) is 30.0 Å². The summed E-state index contributed by atoms with van der Waals surface area (Å²) >= 11 is 0. The molecule has 0 spiro atoms. The Labute approximate surface area is 176 Å². The van der Waals surface area contributed by atoms with Crippen LogP contribution in [0.15, 0.2) is 27.4 Å². The van der Waals surface area contributed by atoms with Gasteiger partial charge >= 0.3 is 5.63 Å². The van der Waals surface area contributed by atoms with Crippen LogP contribution in [0, 0.1) is 6.92 Å². The number of amides is 2. The van der Waals surface area contributed by atoms with Crippen molar-refractivity contribution < 1.29 is 18.7 Å². The molecular weight excluding hydrogens is 384 g/mol. The van der Waals surface area contributed by atoms with Gasteiger partial charge in [0.2, 0.25) is 11.8 Å². The van der Waals surface area contributed by atoms with E-state index >= 15 is 0 Å². The van der Waals surface area contributed by atoms with Gasteiger partial charge in [0.1, 0.15) is 16.9 Å². The minimum atomic E-state index is -0.842. The summed E-state index contributed by atoms with van der Waals surface area (Å²) in [6, 6.07) is 5.34. The number of benzene rings is 1. The summed E-state index contributed by atoms with van der Waals surface area (Å²) in [5, 5.41) is 6.65. The minimum absolute atomic E-state index is 0.117. The lowest BCUT2D eigenvalue weighted by Gasteiger charge is -2.36. The van der Waals surface area contributed by atoms with Gasteiger partial charge < -0.3 is 19.8 Å². The van der Waals surface area contributed by atoms with E-state index in [9.17, 15) is 14.4 Å². The topological polar surface area (TPSA) is 97.6 Å². The molecule has 1 heterocycles. The molecule has 2 N–H and O–H groups in total. The smallest absolute Gasteiger partial charge is 0.339 e. The Hall–Kier alpha value is -2.83. The number of carbonyl (C=O) groups excluding carboxylic acids is 2. The fraction of sp³-hybridized carbons (Fsp3) is 0.522. The van der Waals surface area contributed by atoms with Crippen molar-refractivity contribution in [1.82, 2.24) is 10.6 Å². The maximum absolute atomic E-state index is 12.7. The second-order valence-corrected chi connectivity index (χ2v) is 7.91. The Balaban J connectivity index is 1.75. The van der Waals surface area contributed by atoms with E-state index in [4.69, 9.17) is 9.15 Å². The van der Waals surface area contributed by atoms with Gasteiger partial charge in [-0.25, -0.2) is 4.79 Å². The standard InChI is InChI=1S/C23H30N2O5/c1-4-24-22(28)23(12-6-5-7-13-23)25-20(26)11-10-18-15(2)17-9-8-16(29-3)14-19(17)30-21(18)27/h8-9,14H,4-7,10-13H2,1-3H3,(H,24,28)(H,25,26). The zero-order valence-corrected chi connectivity index (χ0v) is 17.9. The van der Waals surface area contributed by atoms with Crippen LogP contribution in [-0.2, 0) is 16.0 Å². The van der Waals surface area contributed by atoms with Crippen molar-refractivity contribution >= 4 is 22.8 Å². The van der Waals surface area contributed by atoms with Gasteiger partial charge in [-0.2, -0.15) is 0 Å². The molecule has 1 aliphatic rings. The number of nitrogens with one attached hydrogen (secondary N) is 2. The number of fused-ring (bicyclic) bond motifs is 1. The molecule has 1 aliphatic carbocycles. The first-order valence-corrected chi connectivity index (χ1v) is 10.6. The normalized spacial score (nSPS) is 15.6. The van der Waals surface area contributed by atoms with Crippen LogP contribution < -0.4 is 21.0 Å².